The normalized spacial score (nSPS) is 15.8. The number of pyridine rings is 3. The number of carbonyl (C=O) groups is 1. The van der Waals surface area contributed by atoms with Crippen LogP contribution in [0.25, 0.3) is 11.0 Å². The van der Waals surface area contributed by atoms with E-state index in [1.54, 1.807) is 31.5 Å². The molecule has 0 aliphatic carbocycles. The predicted octanol–water partition coefficient (Wildman–Crippen LogP) is 1.48. The summed E-state index contributed by atoms with van der Waals surface area (Å²) in [6.07, 6.45) is 1.65. The van der Waals surface area contributed by atoms with Crippen LogP contribution >= 0.6 is 0 Å². The van der Waals surface area contributed by atoms with Gasteiger partial charge in [-0.25, -0.2) is 9.97 Å². The summed E-state index contributed by atoms with van der Waals surface area (Å²) in [6.45, 7) is 0.333. The molecule has 0 spiro atoms. The van der Waals surface area contributed by atoms with Crippen molar-refractivity contribution in [3.63, 3.8) is 0 Å². The van der Waals surface area contributed by atoms with Crippen molar-refractivity contribution in [3.05, 3.63) is 47.9 Å². The monoisotopic (exact) mass is 336 g/mol. The lowest BCUT2D eigenvalue weighted by molar-refractivity contribution is 0.0995. The van der Waals surface area contributed by atoms with Gasteiger partial charge in [0.1, 0.15) is 29.5 Å². The number of carbonyl (C=O) groups excluding carboxylic acids is 1. The molecule has 1 unspecified atom stereocenters. The summed E-state index contributed by atoms with van der Waals surface area (Å²) >= 11 is 0. The number of rotatable bonds is 3. The van der Waals surface area contributed by atoms with Crippen molar-refractivity contribution in [3.8, 4) is 11.6 Å². The van der Waals surface area contributed by atoms with Gasteiger partial charge >= 0.3 is 0 Å². The van der Waals surface area contributed by atoms with Gasteiger partial charge in [-0.15, -0.1) is 0 Å². The van der Waals surface area contributed by atoms with Crippen LogP contribution in [-0.2, 0) is 0 Å². The summed E-state index contributed by atoms with van der Waals surface area (Å²) in [5.41, 5.74) is 8.05. The minimum atomic E-state index is -0.625. The Morgan fingerprint density at radius 2 is 2.28 bits per heavy atom. The van der Waals surface area contributed by atoms with E-state index >= 15 is 0 Å². The topological polar surface area (TPSA) is 112 Å². The van der Waals surface area contributed by atoms with Crippen LogP contribution in [0.15, 0.2) is 30.5 Å². The fourth-order valence-electron chi connectivity index (χ4n) is 2.67. The molecule has 3 aromatic rings. The lowest BCUT2D eigenvalue weighted by atomic mass is 10.1. The standard InChI is InChI=1S/C17H14N5O3/c1-24-14-6-5-10-15(22-14)16-13(7-19-10)25-8-12(21-16)9-3-2-4-11(20-9)17(18)23/h2-3,5-7,12,21H,8H2,1H3,(H2,18,23). The van der Waals surface area contributed by atoms with Crippen LogP contribution in [0.5, 0.6) is 11.6 Å². The van der Waals surface area contributed by atoms with E-state index in [-0.39, 0.29) is 11.7 Å². The fourth-order valence-corrected chi connectivity index (χ4v) is 2.67. The molecule has 1 atom stereocenters. The lowest BCUT2D eigenvalue weighted by Crippen LogP contribution is -2.26. The van der Waals surface area contributed by atoms with Crippen molar-refractivity contribution in [2.45, 2.75) is 6.04 Å². The van der Waals surface area contributed by atoms with Crippen LogP contribution in [0.1, 0.15) is 22.2 Å². The molecule has 0 saturated carbocycles. The number of hydrogen-bond acceptors (Lipinski definition) is 7. The van der Waals surface area contributed by atoms with E-state index in [0.717, 1.165) is 0 Å². The molecule has 1 aliphatic heterocycles. The Hall–Kier alpha value is -3.42. The van der Waals surface area contributed by atoms with Gasteiger partial charge in [0.15, 0.2) is 5.75 Å². The number of amides is 1. The van der Waals surface area contributed by atoms with E-state index in [1.807, 2.05) is 6.07 Å². The first-order chi connectivity index (χ1) is 12.2. The van der Waals surface area contributed by atoms with Gasteiger partial charge in [0.25, 0.3) is 5.91 Å². The van der Waals surface area contributed by atoms with E-state index in [0.29, 0.717) is 40.7 Å². The Labute approximate surface area is 143 Å². The van der Waals surface area contributed by atoms with E-state index in [1.165, 1.54) is 0 Å². The van der Waals surface area contributed by atoms with Crippen molar-refractivity contribution in [2.75, 3.05) is 19.0 Å². The quantitative estimate of drug-likeness (QED) is 0.745. The SMILES string of the molecule is COc1ccc2ncc3c(c2n1)NC(c1cc[c]c(C(N)=O)n1)CO3. The molecule has 25 heavy (non-hydrogen) atoms. The number of primary amides is 1. The van der Waals surface area contributed by atoms with Gasteiger partial charge in [0.05, 0.1) is 24.5 Å². The van der Waals surface area contributed by atoms with Crippen LogP contribution in [0.2, 0.25) is 0 Å². The Kier molecular flexibility index (Phi) is 3.57. The minimum absolute atomic E-state index is 0.0875. The highest BCUT2D eigenvalue weighted by Gasteiger charge is 2.25. The smallest absolute Gasteiger partial charge is 0.267 e. The number of methoxy groups -OCH3 is 1. The average Bonchev–Trinajstić information content (AvgIpc) is 2.67. The summed E-state index contributed by atoms with van der Waals surface area (Å²) < 4.78 is 11.0. The second-order valence-corrected chi connectivity index (χ2v) is 5.45. The third kappa shape index (κ3) is 2.67. The zero-order valence-electron chi connectivity index (χ0n) is 13.3. The Balaban J connectivity index is 1.76. The molecule has 4 heterocycles. The van der Waals surface area contributed by atoms with Gasteiger partial charge in [0.2, 0.25) is 5.88 Å². The number of aromatic nitrogens is 3. The molecular weight excluding hydrogens is 322 g/mol. The molecule has 0 fully saturated rings. The van der Waals surface area contributed by atoms with E-state index in [2.05, 4.69) is 26.3 Å². The maximum absolute atomic E-state index is 11.3. The zero-order valence-corrected chi connectivity index (χ0v) is 13.3. The predicted molar refractivity (Wildman–Crippen MR) is 89.5 cm³/mol. The highest BCUT2D eigenvalue weighted by Crippen LogP contribution is 2.37. The first-order valence-corrected chi connectivity index (χ1v) is 7.57. The minimum Gasteiger partial charge on any atom is -0.487 e. The van der Waals surface area contributed by atoms with E-state index < -0.39 is 5.91 Å². The van der Waals surface area contributed by atoms with Gasteiger partial charge in [-0.3, -0.25) is 9.78 Å². The molecule has 8 heteroatoms. The maximum atomic E-state index is 11.3. The third-order valence-electron chi connectivity index (χ3n) is 3.89. The number of nitrogens with zero attached hydrogens (tertiary/aromatic N) is 3. The highest BCUT2D eigenvalue weighted by atomic mass is 16.5. The molecule has 1 radical (unpaired) electrons. The molecule has 3 aromatic heterocycles. The van der Waals surface area contributed by atoms with Gasteiger partial charge in [-0.05, 0) is 12.1 Å². The number of nitrogens with one attached hydrogen (secondary N) is 1. The molecule has 0 bridgehead atoms. The first-order valence-electron chi connectivity index (χ1n) is 7.57. The van der Waals surface area contributed by atoms with Crippen molar-refractivity contribution in [1.82, 2.24) is 15.0 Å². The summed E-state index contributed by atoms with van der Waals surface area (Å²) in [5, 5.41) is 3.36. The fraction of sp³-hybridized carbons (Fsp3) is 0.176. The van der Waals surface area contributed by atoms with Crippen molar-refractivity contribution in [2.24, 2.45) is 5.73 Å². The summed E-state index contributed by atoms with van der Waals surface area (Å²) in [7, 11) is 1.56. The molecule has 0 saturated heterocycles. The third-order valence-corrected chi connectivity index (χ3v) is 3.89. The summed E-state index contributed by atoms with van der Waals surface area (Å²) in [5.74, 6) is 0.456. The van der Waals surface area contributed by atoms with Crippen LogP contribution < -0.4 is 20.5 Å². The summed E-state index contributed by atoms with van der Waals surface area (Å²) in [6, 6.07) is 9.40. The molecule has 4 rings (SSSR count). The number of anilines is 1. The first kappa shape index (κ1) is 15.1. The Bertz CT molecular complexity index is 970. The maximum Gasteiger partial charge on any atom is 0.267 e. The highest BCUT2D eigenvalue weighted by molar-refractivity contribution is 5.92. The summed E-state index contributed by atoms with van der Waals surface area (Å²) in [4.78, 5) is 24.4. The molecule has 3 N–H and O–H groups in total. The van der Waals surface area contributed by atoms with Crippen molar-refractivity contribution in [1.29, 1.82) is 0 Å². The molecule has 8 nitrogen and oxygen atoms in total. The number of hydrogen-bond donors (Lipinski definition) is 2. The van der Waals surface area contributed by atoms with Crippen molar-refractivity contribution < 1.29 is 14.3 Å². The van der Waals surface area contributed by atoms with Gasteiger partial charge in [0, 0.05) is 12.1 Å². The lowest BCUT2D eigenvalue weighted by Gasteiger charge is -2.27. The molecule has 1 aliphatic rings. The zero-order chi connectivity index (χ0) is 17.4. The largest absolute Gasteiger partial charge is 0.487 e. The van der Waals surface area contributed by atoms with Gasteiger partial charge in [-0.2, -0.15) is 0 Å². The van der Waals surface area contributed by atoms with Crippen LogP contribution in [0, 0.1) is 6.07 Å². The molecule has 1 amide bonds. The number of fused-ring (bicyclic) bond motifs is 3. The van der Waals surface area contributed by atoms with Crippen LogP contribution in [0.4, 0.5) is 5.69 Å². The van der Waals surface area contributed by atoms with Crippen molar-refractivity contribution >= 4 is 22.6 Å². The second kappa shape index (κ2) is 5.90. The van der Waals surface area contributed by atoms with Crippen LogP contribution in [-0.4, -0.2) is 34.6 Å². The average molecular weight is 336 g/mol. The Morgan fingerprint density at radius 1 is 1.40 bits per heavy atom. The Morgan fingerprint density at radius 3 is 3.08 bits per heavy atom. The van der Waals surface area contributed by atoms with E-state index in [4.69, 9.17) is 15.2 Å². The molecular formula is C17H14N5O3. The second-order valence-electron chi connectivity index (χ2n) is 5.45. The molecule has 125 valence electrons. The van der Waals surface area contributed by atoms with Gasteiger partial charge < -0.3 is 20.5 Å². The van der Waals surface area contributed by atoms with Crippen LogP contribution in [0.3, 0.4) is 0 Å². The van der Waals surface area contributed by atoms with E-state index in [9.17, 15) is 4.79 Å². The molecule has 0 aromatic carbocycles. The number of ether oxygens (including phenoxy) is 2. The number of nitrogens with two attached hydrogens (primary N) is 1. The van der Waals surface area contributed by atoms with Gasteiger partial charge in [-0.1, -0.05) is 6.07 Å².